The standard InChI is InChI=1S/C20H18N4O2S/c1-12-4-7-15(8-5-12)18-21-17(26-24-18)11-27-20-23-22-19(25-20)16-9-6-13(2)14(3)10-16/h4-10H,11H2,1-3H3. The molecule has 7 heteroatoms. The summed E-state index contributed by atoms with van der Waals surface area (Å²) < 4.78 is 11.1. The lowest BCUT2D eigenvalue weighted by Crippen LogP contribution is -1.83. The average Bonchev–Trinajstić information content (AvgIpc) is 3.32. The molecule has 6 nitrogen and oxygen atoms in total. The molecule has 0 saturated heterocycles. The van der Waals surface area contributed by atoms with Gasteiger partial charge in [0.25, 0.3) is 5.22 Å². The van der Waals surface area contributed by atoms with Gasteiger partial charge in [-0.1, -0.05) is 52.8 Å². The molecule has 2 heterocycles. The van der Waals surface area contributed by atoms with Crippen LogP contribution in [0, 0.1) is 20.8 Å². The molecule has 0 radical (unpaired) electrons. The predicted molar refractivity (Wildman–Crippen MR) is 103 cm³/mol. The van der Waals surface area contributed by atoms with Crippen molar-refractivity contribution < 1.29 is 8.94 Å². The van der Waals surface area contributed by atoms with Crippen molar-refractivity contribution in [2.45, 2.75) is 31.7 Å². The number of thioether (sulfide) groups is 1. The summed E-state index contributed by atoms with van der Waals surface area (Å²) in [5.74, 6) is 2.06. The smallest absolute Gasteiger partial charge is 0.277 e. The van der Waals surface area contributed by atoms with E-state index in [1.54, 1.807) is 0 Å². The fourth-order valence-electron chi connectivity index (χ4n) is 2.52. The lowest BCUT2D eigenvalue weighted by molar-refractivity contribution is 0.391. The van der Waals surface area contributed by atoms with Crippen molar-refractivity contribution in [3.8, 4) is 22.8 Å². The van der Waals surface area contributed by atoms with Gasteiger partial charge in [0.15, 0.2) is 0 Å². The third-order valence-corrected chi connectivity index (χ3v) is 5.06. The number of rotatable bonds is 5. The number of nitrogens with zero attached hydrogens (tertiary/aromatic N) is 4. The molecule has 0 aliphatic heterocycles. The van der Waals surface area contributed by atoms with E-state index in [2.05, 4.69) is 34.2 Å². The first kappa shape index (κ1) is 17.5. The summed E-state index contributed by atoms with van der Waals surface area (Å²) in [7, 11) is 0. The second kappa shape index (κ2) is 7.36. The molecule has 0 spiro atoms. The molecule has 0 amide bonds. The van der Waals surface area contributed by atoms with Crippen molar-refractivity contribution in [2.75, 3.05) is 0 Å². The molecule has 0 fully saturated rings. The van der Waals surface area contributed by atoms with E-state index in [4.69, 9.17) is 8.94 Å². The van der Waals surface area contributed by atoms with E-state index in [-0.39, 0.29) is 0 Å². The first-order valence-electron chi connectivity index (χ1n) is 8.52. The Balaban J connectivity index is 1.43. The summed E-state index contributed by atoms with van der Waals surface area (Å²) in [4.78, 5) is 4.42. The van der Waals surface area contributed by atoms with Gasteiger partial charge in [0, 0.05) is 11.1 Å². The second-order valence-electron chi connectivity index (χ2n) is 6.34. The van der Waals surface area contributed by atoms with E-state index in [1.807, 2.05) is 49.4 Å². The van der Waals surface area contributed by atoms with Crippen LogP contribution >= 0.6 is 11.8 Å². The molecule has 4 rings (SSSR count). The van der Waals surface area contributed by atoms with Gasteiger partial charge in [-0.2, -0.15) is 4.98 Å². The Labute approximate surface area is 161 Å². The molecule has 2 aromatic heterocycles. The van der Waals surface area contributed by atoms with Crippen molar-refractivity contribution in [1.29, 1.82) is 0 Å². The van der Waals surface area contributed by atoms with Gasteiger partial charge in [-0.15, -0.1) is 10.2 Å². The zero-order chi connectivity index (χ0) is 18.8. The SMILES string of the molecule is Cc1ccc(-c2noc(CSc3nnc(-c4ccc(C)c(C)c4)o3)n2)cc1. The molecule has 27 heavy (non-hydrogen) atoms. The largest absolute Gasteiger partial charge is 0.411 e. The van der Waals surface area contributed by atoms with Crippen LogP contribution < -0.4 is 0 Å². The Kier molecular flexibility index (Phi) is 4.77. The molecule has 0 aliphatic rings. The van der Waals surface area contributed by atoms with Gasteiger partial charge in [-0.25, -0.2) is 0 Å². The topological polar surface area (TPSA) is 77.8 Å². The number of benzene rings is 2. The van der Waals surface area contributed by atoms with Crippen molar-refractivity contribution in [2.24, 2.45) is 0 Å². The molecular formula is C20H18N4O2S. The summed E-state index contributed by atoms with van der Waals surface area (Å²) in [6, 6.07) is 14.1. The molecule has 0 aliphatic carbocycles. The van der Waals surface area contributed by atoms with Crippen LogP contribution in [0.2, 0.25) is 0 Å². The third-order valence-electron chi connectivity index (χ3n) is 4.26. The molecular weight excluding hydrogens is 360 g/mol. The molecule has 0 bridgehead atoms. The van der Waals surface area contributed by atoms with Gasteiger partial charge < -0.3 is 8.94 Å². The highest BCUT2D eigenvalue weighted by Gasteiger charge is 2.13. The minimum absolute atomic E-state index is 0.466. The summed E-state index contributed by atoms with van der Waals surface area (Å²) >= 11 is 1.37. The van der Waals surface area contributed by atoms with Crippen molar-refractivity contribution in [3.05, 3.63) is 65.0 Å². The van der Waals surface area contributed by atoms with Crippen LogP contribution in [0.5, 0.6) is 0 Å². The molecule has 0 atom stereocenters. The molecule has 4 aromatic rings. The maximum absolute atomic E-state index is 5.74. The van der Waals surface area contributed by atoms with Gasteiger partial charge in [0.1, 0.15) is 0 Å². The van der Waals surface area contributed by atoms with Gasteiger partial charge in [-0.05, 0) is 44.0 Å². The lowest BCUT2D eigenvalue weighted by atomic mass is 10.1. The van der Waals surface area contributed by atoms with E-state index in [0.717, 1.165) is 11.1 Å². The van der Waals surface area contributed by atoms with E-state index in [1.165, 1.54) is 28.5 Å². The molecule has 136 valence electrons. The summed E-state index contributed by atoms with van der Waals surface area (Å²) in [5.41, 5.74) is 5.45. The number of aromatic nitrogens is 4. The molecule has 0 unspecified atom stereocenters. The van der Waals surface area contributed by atoms with Gasteiger partial charge in [0.2, 0.25) is 17.6 Å². The lowest BCUT2D eigenvalue weighted by Gasteiger charge is -2.00. The highest BCUT2D eigenvalue weighted by molar-refractivity contribution is 7.98. The van der Waals surface area contributed by atoms with Crippen molar-refractivity contribution in [3.63, 3.8) is 0 Å². The zero-order valence-corrected chi connectivity index (χ0v) is 16.1. The van der Waals surface area contributed by atoms with E-state index < -0.39 is 0 Å². The average molecular weight is 378 g/mol. The maximum atomic E-state index is 5.74. The Bertz CT molecular complexity index is 1070. The van der Waals surface area contributed by atoms with Gasteiger partial charge >= 0.3 is 0 Å². The van der Waals surface area contributed by atoms with E-state index in [9.17, 15) is 0 Å². The Morgan fingerprint density at radius 2 is 1.67 bits per heavy atom. The second-order valence-corrected chi connectivity index (χ2v) is 7.27. The van der Waals surface area contributed by atoms with Crippen molar-refractivity contribution in [1.82, 2.24) is 20.3 Å². The Morgan fingerprint density at radius 3 is 2.44 bits per heavy atom. The first-order valence-corrected chi connectivity index (χ1v) is 9.50. The fraction of sp³-hybridized carbons (Fsp3) is 0.200. The van der Waals surface area contributed by atoms with Crippen LogP contribution in [0.3, 0.4) is 0 Å². The first-order chi connectivity index (χ1) is 13.1. The van der Waals surface area contributed by atoms with Crippen molar-refractivity contribution >= 4 is 11.8 Å². The Hall–Kier alpha value is -2.93. The fourth-order valence-corrected chi connectivity index (χ4v) is 3.12. The van der Waals surface area contributed by atoms with Crippen LogP contribution in [-0.4, -0.2) is 20.3 Å². The molecule has 0 saturated carbocycles. The molecule has 0 N–H and O–H groups in total. The normalized spacial score (nSPS) is 11.1. The predicted octanol–water partition coefficient (Wildman–Crippen LogP) is 5.00. The monoisotopic (exact) mass is 378 g/mol. The van der Waals surface area contributed by atoms with Crippen LogP contribution in [-0.2, 0) is 5.75 Å². The van der Waals surface area contributed by atoms with E-state index in [0.29, 0.717) is 28.6 Å². The maximum Gasteiger partial charge on any atom is 0.277 e. The summed E-state index contributed by atoms with van der Waals surface area (Å²) in [6.07, 6.45) is 0. The van der Waals surface area contributed by atoms with Gasteiger partial charge in [-0.3, -0.25) is 0 Å². The van der Waals surface area contributed by atoms with Crippen LogP contribution in [0.25, 0.3) is 22.8 Å². The third kappa shape index (κ3) is 3.93. The highest BCUT2D eigenvalue weighted by Crippen LogP contribution is 2.27. The number of aryl methyl sites for hydroxylation is 3. The van der Waals surface area contributed by atoms with Crippen LogP contribution in [0.15, 0.2) is 56.6 Å². The highest BCUT2D eigenvalue weighted by atomic mass is 32.2. The number of hydrogen-bond donors (Lipinski definition) is 0. The minimum Gasteiger partial charge on any atom is -0.411 e. The minimum atomic E-state index is 0.466. The summed E-state index contributed by atoms with van der Waals surface area (Å²) in [6.45, 7) is 6.17. The molecule has 2 aromatic carbocycles. The number of hydrogen-bond acceptors (Lipinski definition) is 7. The van der Waals surface area contributed by atoms with Crippen LogP contribution in [0.4, 0.5) is 0 Å². The summed E-state index contributed by atoms with van der Waals surface area (Å²) in [5, 5.41) is 12.7. The van der Waals surface area contributed by atoms with E-state index >= 15 is 0 Å². The zero-order valence-electron chi connectivity index (χ0n) is 15.3. The van der Waals surface area contributed by atoms with Gasteiger partial charge in [0.05, 0.1) is 5.75 Å². The van der Waals surface area contributed by atoms with Crippen LogP contribution in [0.1, 0.15) is 22.6 Å². The Morgan fingerprint density at radius 1 is 0.889 bits per heavy atom. The quantitative estimate of drug-likeness (QED) is 0.452.